The van der Waals surface area contributed by atoms with Gasteiger partial charge in [-0.3, -0.25) is 0 Å². The van der Waals surface area contributed by atoms with E-state index >= 15 is 0 Å². The number of likely N-dealkylation sites (N-methyl/N-ethyl adjacent to an activating group) is 1. The highest BCUT2D eigenvalue weighted by Gasteiger charge is 2.11. The lowest BCUT2D eigenvalue weighted by molar-refractivity contribution is 0.336. The first-order valence-corrected chi connectivity index (χ1v) is 8.71. The largest absolute Gasteiger partial charge is 0.367 e. The SMILES string of the molecule is Cc1cc(-c2ccc(CN(C)CCN)cc2)nc(NC(C)C)c1C=N. The van der Waals surface area contributed by atoms with E-state index < -0.39 is 0 Å². The third-order valence-electron chi connectivity index (χ3n) is 4.05. The molecule has 0 unspecified atom stereocenters. The van der Waals surface area contributed by atoms with E-state index in [0.29, 0.717) is 6.54 Å². The maximum atomic E-state index is 7.65. The Balaban J connectivity index is 2.28. The second-order valence-electron chi connectivity index (χ2n) is 6.75. The summed E-state index contributed by atoms with van der Waals surface area (Å²) in [5.41, 5.74) is 10.8. The predicted molar refractivity (Wildman–Crippen MR) is 106 cm³/mol. The summed E-state index contributed by atoms with van der Waals surface area (Å²) < 4.78 is 0. The molecule has 0 saturated carbocycles. The van der Waals surface area contributed by atoms with Crippen molar-refractivity contribution in [3.05, 3.63) is 47.0 Å². The van der Waals surface area contributed by atoms with Crippen LogP contribution in [-0.2, 0) is 6.54 Å². The fourth-order valence-electron chi connectivity index (χ4n) is 2.79. The number of anilines is 1. The number of pyridine rings is 1. The maximum Gasteiger partial charge on any atom is 0.135 e. The van der Waals surface area contributed by atoms with Crippen molar-refractivity contribution < 1.29 is 0 Å². The first-order valence-electron chi connectivity index (χ1n) is 8.71. The van der Waals surface area contributed by atoms with Gasteiger partial charge in [0.2, 0.25) is 0 Å². The topological polar surface area (TPSA) is 78.0 Å². The van der Waals surface area contributed by atoms with Gasteiger partial charge in [0.25, 0.3) is 0 Å². The number of nitrogens with one attached hydrogen (secondary N) is 2. The zero-order valence-corrected chi connectivity index (χ0v) is 15.6. The van der Waals surface area contributed by atoms with Gasteiger partial charge < -0.3 is 21.4 Å². The Hall–Kier alpha value is -2.24. The van der Waals surface area contributed by atoms with Gasteiger partial charge in [-0.15, -0.1) is 0 Å². The average molecular weight is 339 g/mol. The minimum Gasteiger partial charge on any atom is -0.367 e. The lowest BCUT2D eigenvalue weighted by Gasteiger charge is -2.17. The Morgan fingerprint density at radius 2 is 1.96 bits per heavy atom. The van der Waals surface area contributed by atoms with Crippen LogP contribution in [0.25, 0.3) is 11.3 Å². The molecule has 1 aromatic carbocycles. The number of nitrogens with zero attached hydrogens (tertiary/aromatic N) is 2. The summed E-state index contributed by atoms with van der Waals surface area (Å²) >= 11 is 0. The molecule has 2 aromatic rings. The van der Waals surface area contributed by atoms with Crippen LogP contribution < -0.4 is 11.1 Å². The molecule has 0 aliphatic heterocycles. The molecule has 4 N–H and O–H groups in total. The van der Waals surface area contributed by atoms with Crippen LogP contribution in [0.3, 0.4) is 0 Å². The molecule has 5 nitrogen and oxygen atoms in total. The molecule has 2 rings (SSSR count). The molecule has 5 heteroatoms. The van der Waals surface area contributed by atoms with Gasteiger partial charge >= 0.3 is 0 Å². The average Bonchev–Trinajstić information content (AvgIpc) is 2.55. The van der Waals surface area contributed by atoms with Crippen LogP contribution in [0.4, 0.5) is 5.82 Å². The van der Waals surface area contributed by atoms with Crippen molar-refractivity contribution in [3.8, 4) is 11.3 Å². The third-order valence-corrected chi connectivity index (χ3v) is 4.05. The van der Waals surface area contributed by atoms with Crippen molar-refractivity contribution in [2.75, 3.05) is 25.5 Å². The summed E-state index contributed by atoms with van der Waals surface area (Å²) in [6.07, 6.45) is 1.37. The normalized spacial score (nSPS) is 11.2. The van der Waals surface area contributed by atoms with Gasteiger partial charge in [-0.05, 0) is 45.0 Å². The van der Waals surface area contributed by atoms with E-state index in [0.717, 1.165) is 41.3 Å². The van der Waals surface area contributed by atoms with Crippen LogP contribution in [0.15, 0.2) is 30.3 Å². The Bertz CT molecular complexity index is 707. The lowest BCUT2D eigenvalue weighted by Crippen LogP contribution is -2.24. The molecule has 0 aliphatic carbocycles. The molecular formula is C20H29N5. The quantitative estimate of drug-likeness (QED) is 0.645. The number of nitrogens with two attached hydrogens (primary N) is 1. The van der Waals surface area contributed by atoms with Gasteiger partial charge in [-0.25, -0.2) is 4.98 Å². The Morgan fingerprint density at radius 1 is 1.28 bits per heavy atom. The molecule has 1 heterocycles. The molecule has 0 spiro atoms. The van der Waals surface area contributed by atoms with Crippen molar-refractivity contribution in [1.82, 2.24) is 9.88 Å². The molecule has 1 aromatic heterocycles. The van der Waals surface area contributed by atoms with E-state index in [-0.39, 0.29) is 6.04 Å². The third kappa shape index (κ3) is 5.11. The molecule has 0 aliphatic rings. The number of rotatable bonds is 8. The molecule has 25 heavy (non-hydrogen) atoms. The molecular weight excluding hydrogens is 310 g/mol. The van der Waals surface area contributed by atoms with Crippen LogP contribution in [0.1, 0.15) is 30.5 Å². The van der Waals surface area contributed by atoms with Gasteiger partial charge in [0.05, 0.1) is 5.69 Å². The maximum absolute atomic E-state index is 7.65. The summed E-state index contributed by atoms with van der Waals surface area (Å²) in [6, 6.07) is 10.8. The number of hydrogen-bond donors (Lipinski definition) is 3. The van der Waals surface area contributed by atoms with Crippen molar-refractivity contribution in [1.29, 1.82) is 5.41 Å². The van der Waals surface area contributed by atoms with Gasteiger partial charge in [-0.1, -0.05) is 24.3 Å². The highest BCUT2D eigenvalue weighted by molar-refractivity contribution is 5.87. The van der Waals surface area contributed by atoms with Gasteiger partial charge in [-0.2, -0.15) is 0 Å². The zero-order valence-electron chi connectivity index (χ0n) is 15.6. The molecule has 0 radical (unpaired) electrons. The van der Waals surface area contributed by atoms with Crippen molar-refractivity contribution in [2.45, 2.75) is 33.4 Å². The van der Waals surface area contributed by atoms with E-state index in [2.05, 4.69) is 55.4 Å². The highest BCUT2D eigenvalue weighted by atomic mass is 15.1. The van der Waals surface area contributed by atoms with E-state index in [1.54, 1.807) is 0 Å². The Labute approximate surface area is 150 Å². The molecule has 134 valence electrons. The van der Waals surface area contributed by atoms with E-state index in [4.69, 9.17) is 16.1 Å². The van der Waals surface area contributed by atoms with Gasteiger partial charge in [0.1, 0.15) is 5.82 Å². The molecule has 0 bridgehead atoms. The number of aromatic nitrogens is 1. The number of aryl methyl sites for hydroxylation is 1. The van der Waals surface area contributed by atoms with Crippen molar-refractivity contribution in [2.24, 2.45) is 5.73 Å². The number of hydrogen-bond acceptors (Lipinski definition) is 5. The van der Waals surface area contributed by atoms with Crippen LogP contribution in [-0.4, -0.2) is 42.3 Å². The zero-order chi connectivity index (χ0) is 18.4. The van der Waals surface area contributed by atoms with E-state index in [1.165, 1.54) is 11.8 Å². The summed E-state index contributed by atoms with van der Waals surface area (Å²) in [6.45, 7) is 8.61. The minimum atomic E-state index is 0.265. The molecule has 0 atom stereocenters. The van der Waals surface area contributed by atoms with Gasteiger partial charge in [0.15, 0.2) is 0 Å². The van der Waals surface area contributed by atoms with Crippen LogP contribution >= 0.6 is 0 Å². The molecule has 0 fully saturated rings. The summed E-state index contributed by atoms with van der Waals surface area (Å²) in [5.74, 6) is 0.770. The standard InChI is InChI=1S/C20H29N5/c1-14(2)23-20-18(12-22)15(3)11-19(24-20)17-7-5-16(6-8-17)13-25(4)10-9-21/h5-8,11-12,14,22H,9-10,13,21H2,1-4H3,(H,23,24). The highest BCUT2D eigenvalue weighted by Crippen LogP contribution is 2.25. The van der Waals surface area contributed by atoms with E-state index in [9.17, 15) is 0 Å². The Morgan fingerprint density at radius 3 is 2.52 bits per heavy atom. The lowest BCUT2D eigenvalue weighted by atomic mass is 10.0. The van der Waals surface area contributed by atoms with Crippen molar-refractivity contribution >= 4 is 12.0 Å². The first-order chi connectivity index (χ1) is 11.9. The minimum absolute atomic E-state index is 0.265. The second-order valence-corrected chi connectivity index (χ2v) is 6.75. The van der Waals surface area contributed by atoms with Crippen LogP contribution in [0.2, 0.25) is 0 Å². The van der Waals surface area contributed by atoms with Crippen LogP contribution in [0.5, 0.6) is 0 Å². The number of benzene rings is 1. The first kappa shape index (κ1) is 19.1. The summed E-state index contributed by atoms with van der Waals surface area (Å²) in [4.78, 5) is 6.95. The fourth-order valence-corrected chi connectivity index (χ4v) is 2.79. The summed E-state index contributed by atoms with van der Waals surface area (Å²) in [7, 11) is 2.08. The fraction of sp³-hybridized carbons (Fsp3) is 0.400. The monoisotopic (exact) mass is 339 g/mol. The smallest absolute Gasteiger partial charge is 0.135 e. The van der Waals surface area contributed by atoms with Crippen LogP contribution in [0, 0.1) is 12.3 Å². The predicted octanol–water partition coefficient (Wildman–Crippen LogP) is 3.27. The van der Waals surface area contributed by atoms with Crippen molar-refractivity contribution in [3.63, 3.8) is 0 Å². The second kappa shape index (κ2) is 8.74. The Kier molecular flexibility index (Phi) is 6.67. The van der Waals surface area contributed by atoms with Gasteiger partial charge in [0, 0.05) is 43.0 Å². The van der Waals surface area contributed by atoms with E-state index in [1.807, 2.05) is 13.0 Å². The summed E-state index contributed by atoms with van der Waals surface area (Å²) in [5, 5.41) is 11.0. The molecule has 0 amide bonds. The molecule has 0 saturated heterocycles.